The molecule has 0 aliphatic heterocycles. The second kappa shape index (κ2) is 7.17. The Hall–Kier alpha value is -1.22. The van der Waals surface area contributed by atoms with Gasteiger partial charge < -0.3 is 4.90 Å². The zero-order valence-electron chi connectivity index (χ0n) is 11.4. The van der Waals surface area contributed by atoms with Crippen molar-refractivity contribution >= 4 is 40.7 Å². The normalized spacial score (nSPS) is 10.5. The summed E-state index contributed by atoms with van der Waals surface area (Å²) in [5, 5.41) is 1.63. The van der Waals surface area contributed by atoms with E-state index in [1.54, 1.807) is 24.1 Å². The molecule has 0 radical (unpaired) electrons. The maximum atomic E-state index is 12.2. The van der Waals surface area contributed by atoms with E-state index >= 15 is 0 Å². The molecule has 0 atom stereocenters. The van der Waals surface area contributed by atoms with Crippen LogP contribution in [0.15, 0.2) is 42.5 Å². The Kier molecular flexibility index (Phi) is 5.51. The van der Waals surface area contributed by atoms with E-state index in [9.17, 15) is 4.79 Å². The van der Waals surface area contributed by atoms with Gasteiger partial charge in [0.25, 0.3) is 0 Å². The first kappa shape index (κ1) is 16.2. The molecule has 0 spiro atoms. The largest absolute Gasteiger partial charge is 0.341 e. The van der Waals surface area contributed by atoms with Gasteiger partial charge in [0.15, 0.2) is 0 Å². The van der Waals surface area contributed by atoms with Crippen molar-refractivity contribution in [2.45, 2.75) is 13.0 Å². The summed E-state index contributed by atoms with van der Waals surface area (Å²) in [5.41, 5.74) is 1.88. The monoisotopic (exact) mass is 341 g/mol. The Labute approximate surface area is 139 Å². The van der Waals surface area contributed by atoms with Gasteiger partial charge in [-0.25, -0.2) is 0 Å². The third-order valence-electron chi connectivity index (χ3n) is 3.10. The van der Waals surface area contributed by atoms with Gasteiger partial charge in [0, 0.05) is 18.6 Å². The minimum Gasteiger partial charge on any atom is -0.341 e. The number of nitrogens with zero attached hydrogens (tertiary/aromatic N) is 1. The maximum Gasteiger partial charge on any atom is 0.227 e. The van der Waals surface area contributed by atoms with E-state index in [0.29, 0.717) is 28.0 Å². The van der Waals surface area contributed by atoms with Crippen LogP contribution >= 0.6 is 34.8 Å². The molecule has 0 fully saturated rings. The summed E-state index contributed by atoms with van der Waals surface area (Å²) in [7, 11) is 1.77. The van der Waals surface area contributed by atoms with E-state index < -0.39 is 0 Å². The molecule has 5 heteroatoms. The van der Waals surface area contributed by atoms with Crippen LogP contribution in [-0.4, -0.2) is 17.9 Å². The van der Waals surface area contributed by atoms with E-state index in [4.69, 9.17) is 34.8 Å². The van der Waals surface area contributed by atoms with Gasteiger partial charge in [-0.15, -0.1) is 0 Å². The van der Waals surface area contributed by atoms with Gasteiger partial charge in [-0.3, -0.25) is 4.79 Å². The lowest BCUT2D eigenvalue weighted by Crippen LogP contribution is -2.27. The number of amides is 1. The van der Waals surface area contributed by atoms with Gasteiger partial charge in [-0.1, -0.05) is 53.0 Å². The molecule has 21 heavy (non-hydrogen) atoms. The first-order chi connectivity index (χ1) is 9.95. The van der Waals surface area contributed by atoms with Crippen molar-refractivity contribution in [2.24, 2.45) is 0 Å². The molecule has 0 N–H and O–H groups in total. The van der Waals surface area contributed by atoms with Gasteiger partial charge in [-0.2, -0.15) is 0 Å². The summed E-state index contributed by atoms with van der Waals surface area (Å²) in [6.45, 7) is 0.539. The highest BCUT2D eigenvalue weighted by atomic mass is 35.5. The average molecular weight is 343 g/mol. The minimum atomic E-state index is 0.0170. The predicted octanol–water partition coefficient (Wildman–Crippen LogP) is 4.85. The van der Waals surface area contributed by atoms with Crippen LogP contribution in [0, 0.1) is 0 Å². The molecule has 2 nitrogen and oxygen atoms in total. The van der Waals surface area contributed by atoms with E-state index in [-0.39, 0.29) is 5.91 Å². The number of hydrogen-bond acceptors (Lipinski definition) is 1. The fourth-order valence-electron chi connectivity index (χ4n) is 1.91. The fraction of sp³-hybridized carbons (Fsp3) is 0.188. The van der Waals surface area contributed by atoms with Crippen molar-refractivity contribution in [3.63, 3.8) is 0 Å². The second-order valence-electron chi connectivity index (χ2n) is 4.80. The first-order valence-corrected chi connectivity index (χ1v) is 7.51. The van der Waals surface area contributed by atoms with Crippen LogP contribution in [0.3, 0.4) is 0 Å². The second-order valence-corrected chi connectivity index (χ2v) is 6.05. The van der Waals surface area contributed by atoms with Gasteiger partial charge in [-0.05, 0) is 35.4 Å². The lowest BCUT2D eigenvalue weighted by atomic mass is 10.1. The Bertz CT molecular complexity index is 640. The van der Waals surface area contributed by atoms with Crippen molar-refractivity contribution in [1.29, 1.82) is 0 Å². The van der Waals surface area contributed by atoms with Crippen molar-refractivity contribution in [2.75, 3.05) is 7.05 Å². The molecule has 1 amide bonds. The first-order valence-electron chi connectivity index (χ1n) is 6.38. The smallest absolute Gasteiger partial charge is 0.227 e. The number of carbonyl (C=O) groups excluding carboxylic acids is 1. The number of hydrogen-bond donors (Lipinski definition) is 0. The maximum absolute atomic E-state index is 12.2. The van der Waals surface area contributed by atoms with Gasteiger partial charge in [0.2, 0.25) is 5.91 Å². The summed E-state index contributed by atoms with van der Waals surface area (Å²) >= 11 is 17.7. The molecule has 2 aromatic rings. The summed E-state index contributed by atoms with van der Waals surface area (Å²) in [5.74, 6) is 0.0170. The Morgan fingerprint density at radius 3 is 2.19 bits per heavy atom. The molecule has 0 aliphatic carbocycles. The molecule has 0 aliphatic rings. The highest BCUT2D eigenvalue weighted by molar-refractivity contribution is 6.42. The van der Waals surface area contributed by atoms with Gasteiger partial charge >= 0.3 is 0 Å². The van der Waals surface area contributed by atoms with Crippen LogP contribution in [0.25, 0.3) is 0 Å². The number of halogens is 3. The quantitative estimate of drug-likeness (QED) is 0.778. The SMILES string of the molecule is CN(Cc1ccc(Cl)cc1)C(=O)Cc1ccc(Cl)c(Cl)c1. The fourth-order valence-corrected chi connectivity index (χ4v) is 2.36. The number of likely N-dealkylation sites (N-methyl/N-ethyl adjacent to an activating group) is 1. The molecule has 2 aromatic carbocycles. The van der Waals surface area contributed by atoms with Crippen LogP contribution in [0.2, 0.25) is 15.1 Å². The standard InChI is InChI=1S/C16H14Cl3NO/c1-20(10-11-2-5-13(17)6-3-11)16(21)9-12-4-7-14(18)15(19)8-12/h2-8H,9-10H2,1H3. The van der Waals surface area contributed by atoms with Crippen LogP contribution < -0.4 is 0 Å². The van der Waals surface area contributed by atoms with Gasteiger partial charge in [0.1, 0.15) is 0 Å². The Morgan fingerprint density at radius 1 is 0.952 bits per heavy atom. The number of rotatable bonds is 4. The summed E-state index contributed by atoms with van der Waals surface area (Å²) in [6.07, 6.45) is 0.293. The zero-order valence-corrected chi connectivity index (χ0v) is 13.7. The molecule has 110 valence electrons. The van der Waals surface area contributed by atoms with Gasteiger partial charge in [0.05, 0.1) is 16.5 Å². The van der Waals surface area contributed by atoms with E-state index in [1.807, 2.05) is 30.3 Å². The predicted molar refractivity (Wildman–Crippen MR) is 88.1 cm³/mol. The Morgan fingerprint density at radius 2 is 1.57 bits per heavy atom. The summed E-state index contributed by atoms with van der Waals surface area (Å²) in [6, 6.07) is 12.7. The molecular formula is C16H14Cl3NO. The lowest BCUT2D eigenvalue weighted by Gasteiger charge is -2.17. The molecular weight excluding hydrogens is 329 g/mol. The number of benzene rings is 2. The molecule has 0 saturated carbocycles. The zero-order chi connectivity index (χ0) is 15.4. The molecule has 0 saturated heterocycles. The highest BCUT2D eigenvalue weighted by Crippen LogP contribution is 2.23. The summed E-state index contributed by atoms with van der Waals surface area (Å²) < 4.78 is 0. The van der Waals surface area contributed by atoms with Crippen LogP contribution in [0.4, 0.5) is 0 Å². The molecule has 0 aromatic heterocycles. The van der Waals surface area contributed by atoms with Crippen LogP contribution in [0.5, 0.6) is 0 Å². The lowest BCUT2D eigenvalue weighted by molar-refractivity contribution is -0.129. The van der Waals surface area contributed by atoms with E-state index in [2.05, 4.69) is 0 Å². The van der Waals surface area contributed by atoms with Crippen molar-refractivity contribution < 1.29 is 4.79 Å². The third-order valence-corrected chi connectivity index (χ3v) is 4.09. The third kappa shape index (κ3) is 4.63. The molecule has 0 heterocycles. The molecule has 2 rings (SSSR count). The molecule has 0 bridgehead atoms. The van der Waals surface area contributed by atoms with Crippen LogP contribution in [-0.2, 0) is 17.8 Å². The van der Waals surface area contributed by atoms with Crippen molar-refractivity contribution in [1.82, 2.24) is 4.90 Å². The number of carbonyl (C=O) groups is 1. The van der Waals surface area contributed by atoms with Crippen molar-refractivity contribution in [3.8, 4) is 0 Å². The minimum absolute atomic E-state index is 0.0170. The van der Waals surface area contributed by atoms with E-state index in [1.165, 1.54) is 0 Å². The van der Waals surface area contributed by atoms with Crippen molar-refractivity contribution in [3.05, 3.63) is 68.7 Å². The highest BCUT2D eigenvalue weighted by Gasteiger charge is 2.11. The Balaban J connectivity index is 1.98. The molecule has 0 unspecified atom stereocenters. The summed E-state index contributed by atoms with van der Waals surface area (Å²) in [4.78, 5) is 13.9. The van der Waals surface area contributed by atoms with Crippen LogP contribution in [0.1, 0.15) is 11.1 Å². The topological polar surface area (TPSA) is 20.3 Å². The van der Waals surface area contributed by atoms with E-state index in [0.717, 1.165) is 11.1 Å². The average Bonchev–Trinajstić information content (AvgIpc) is 2.45.